The van der Waals surface area contributed by atoms with Crippen molar-refractivity contribution in [2.45, 2.75) is 20.3 Å². The first-order valence-electron chi connectivity index (χ1n) is 5.72. The number of rotatable bonds is 3. The molecule has 0 aliphatic rings. The van der Waals surface area contributed by atoms with E-state index >= 15 is 0 Å². The van der Waals surface area contributed by atoms with Gasteiger partial charge in [0.15, 0.2) is 5.13 Å². The Bertz CT molecular complexity index is 577. The highest BCUT2D eigenvalue weighted by atomic mass is 32.1. The number of anilines is 2. The number of amides is 1. The van der Waals surface area contributed by atoms with Crippen molar-refractivity contribution < 1.29 is 4.79 Å². The molecule has 0 spiro atoms. The summed E-state index contributed by atoms with van der Waals surface area (Å²) in [4.78, 5) is 15.8. The molecule has 1 amide bonds. The first-order valence-corrected chi connectivity index (χ1v) is 6.60. The minimum absolute atomic E-state index is 0.228. The van der Waals surface area contributed by atoms with Gasteiger partial charge >= 0.3 is 0 Å². The number of aryl methyl sites for hydroxylation is 2. The summed E-state index contributed by atoms with van der Waals surface area (Å²) in [7, 11) is 0. The molecule has 0 aliphatic carbocycles. The maximum atomic E-state index is 11.9. The Morgan fingerprint density at radius 1 is 1.50 bits per heavy atom. The van der Waals surface area contributed by atoms with E-state index in [-0.39, 0.29) is 5.91 Å². The topological polar surface area (TPSA) is 68.0 Å². The minimum atomic E-state index is -0.228. The molecule has 2 rings (SSSR count). The van der Waals surface area contributed by atoms with Crippen LogP contribution in [0.4, 0.5) is 10.8 Å². The monoisotopic (exact) mass is 261 g/mol. The molecule has 0 bridgehead atoms. The summed E-state index contributed by atoms with van der Waals surface area (Å²) in [6.07, 6.45) is 0.944. The van der Waals surface area contributed by atoms with Crippen molar-refractivity contribution in [3.63, 3.8) is 0 Å². The molecule has 0 saturated heterocycles. The summed E-state index contributed by atoms with van der Waals surface area (Å²) < 4.78 is 0. The average Bonchev–Trinajstić information content (AvgIpc) is 2.78. The number of carbonyl (C=O) groups excluding carboxylic acids is 1. The van der Waals surface area contributed by atoms with Gasteiger partial charge in [-0.15, -0.1) is 11.3 Å². The van der Waals surface area contributed by atoms with Gasteiger partial charge in [0, 0.05) is 11.1 Å². The predicted octanol–water partition coefficient (Wildman–Crippen LogP) is 2.85. The molecule has 4 nitrogen and oxygen atoms in total. The second-order valence-corrected chi connectivity index (χ2v) is 4.91. The van der Waals surface area contributed by atoms with Gasteiger partial charge in [-0.25, -0.2) is 4.98 Å². The van der Waals surface area contributed by atoms with E-state index in [1.807, 2.05) is 18.2 Å². The number of hydrogen-bond acceptors (Lipinski definition) is 4. The standard InChI is InChI=1S/C13H15N3OS/c1-3-9-6-10(5-4-8(9)2)15-12(17)11-7-18-13(14)16-11/h4-7H,3H2,1-2H3,(H2,14,16)(H,15,17). The van der Waals surface area contributed by atoms with Crippen LogP contribution in [0, 0.1) is 6.92 Å². The normalized spacial score (nSPS) is 10.3. The molecule has 0 radical (unpaired) electrons. The van der Waals surface area contributed by atoms with Crippen LogP contribution < -0.4 is 11.1 Å². The van der Waals surface area contributed by atoms with E-state index in [0.29, 0.717) is 10.8 Å². The van der Waals surface area contributed by atoms with E-state index in [2.05, 4.69) is 24.1 Å². The molecule has 0 unspecified atom stereocenters. The molecule has 0 fully saturated rings. The van der Waals surface area contributed by atoms with E-state index in [0.717, 1.165) is 12.1 Å². The number of benzene rings is 1. The molecule has 0 aliphatic heterocycles. The maximum Gasteiger partial charge on any atom is 0.275 e. The molecule has 3 N–H and O–H groups in total. The number of thiazole rings is 1. The average molecular weight is 261 g/mol. The number of aromatic nitrogens is 1. The van der Waals surface area contributed by atoms with E-state index in [4.69, 9.17) is 5.73 Å². The molecule has 1 aromatic heterocycles. The van der Waals surface area contributed by atoms with Crippen LogP contribution in [-0.2, 0) is 6.42 Å². The lowest BCUT2D eigenvalue weighted by atomic mass is 10.1. The fourth-order valence-corrected chi connectivity index (χ4v) is 2.26. The van der Waals surface area contributed by atoms with E-state index < -0.39 is 0 Å². The lowest BCUT2D eigenvalue weighted by Crippen LogP contribution is -2.12. The van der Waals surface area contributed by atoms with E-state index in [1.54, 1.807) is 5.38 Å². The third-order valence-electron chi connectivity index (χ3n) is 2.74. The quantitative estimate of drug-likeness (QED) is 0.892. The van der Waals surface area contributed by atoms with Crippen LogP contribution in [-0.4, -0.2) is 10.9 Å². The molecule has 94 valence electrons. The van der Waals surface area contributed by atoms with E-state index in [1.165, 1.54) is 22.5 Å². The van der Waals surface area contributed by atoms with Crippen LogP contribution in [0.3, 0.4) is 0 Å². The zero-order chi connectivity index (χ0) is 13.1. The Morgan fingerprint density at radius 2 is 2.28 bits per heavy atom. The fraction of sp³-hybridized carbons (Fsp3) is 0.231. The number of hydrogen-bond donors (Lipinski definition) is 2. The van der Waals surface area contributed by atoms with Crippen molar-refractivity contribution in [3.05, 3.63) is 40.4 Å². The molecule has 1 heterocycles. The van der Waals surface area contributed by atoms with Gasteiger partial charge in [0.1, 0.15) is 5.69 Å². The Kier molecular flexibility index (Phi) is 3.62. The third kappa shape index (κ3) is 2.68. The Labute approximate surface area is 110 Å². The fourth-order valence-electron chi connectivity index (χ4n) is 1.72. The Balaban J connectivity index is 2.16. The summed E-state index contributed by atoms with van der Waals surface area (Å²) in [6, 6.07) is 5.88. The molecule has 5 heteroatoms. The van der Waals surface area contributed by atoms with Gasteiger partial charge in [0.05, 0.1) is 0 Å². The smallest absolute Gasteiger partial charge is 0.275 e. The Hall–Kier alpha value is -1.88. The highest BCUT2D eigenvalue weighted by Crippen LogP contribution is 2.17. The van der Waals surface area contributed by atoms with Crippen molar-refractivity contribution in [1.29, 1.82) is 0 Å². The number of nitrogens with zero attached hydrogens (tertiary/aromatic N) is 1. The molecule has 18 heavy (non-hydrogen) atoms. The summed E-state index contributed by atoms with van der Waals surface area (Å²) in [5.74, 6) is -0.228. The summed E-state index contributed by atoms with van der Waals surface area (Å²) in [5, 5.41) is 4.88. The van der Waals surface area contributed by atoms with Crippen LogP contribution in [0.1, 0.15) is 28.5 Å². The van der Waals surface area contributed by atoms with Gasteiger partial charge in [0.25, 0.3) is 5.91 Å². The van der Waals surface area contributed by atoms with Crippen molar-refractivity contribution in [3.8, 4) is 0 Å². The zero-order valence-corrected chi connectivity index (χ0v) is 11.2. The van der Waals surface area contributed by atoms with Gasteiger partial charge in [0.2, 0.25) is 0 Å². The summed E-state index contributed by atoms with van der Waals surface area (Å²) >= 11 is 1.26. The molecule has 1 aromatic carbocycles. The van der Waals surface area contributed by atoms with Crippen LogP contribution in [0.25, 0.3) is 0 Å². The van der Waals surface area contributed by atoms with Crippen molar-refractivity contribution in [2.75, 3.05) is 11.1 Å². The lowest BCUT2D eigenvalue weighted by molar-refractivity contribution is 0.102. The largest absolute Gasteiger partial charge is 0.375 e. The van der Waals surface area contributed by atoms with Crippen molar-refractivity contribution in [1.82, 2.24) is 4.98 Å². The van der Waals surface area contributed by atoms with Crippen molar-refractivity contribution in [2.24, 2.45) is 0 Å². The molecule has 0 atom stereocenters. The van der Waals surface area contributed by atoms with Gasteiger partial charge in [-0.2, -0.15) is 0 Å². The lowest BCUT2D eigenvalue weighted by Gasteiger charge is -2.07. The number of nitrogens with two attached hydrogens (primary N) is 1. The molecule has 0 saturated carbocycles. The number of nitrogen functional groups attached to an aromatic ring is 1. The Morgan fingerprint density at radius 3 is 2.89 bits per heavy atom. The molecular weight excluding hydrogens is 246 g/mol. The first kappa shape index (κ1) is 12.6. The predicted molar refractivity (Wildman–Crippen MR) is 75.0 cm³/mol. The second-order valence-electron chi connectivity index (χ2n) is 4.02. The van der Waals surface area contributed by atoms with Gasteiger partial charge in [-0.1, -0.05) is 13.0 Å². The van der Waals surface area contributed by atoms with Gasteiger partial charge < -0.3 is 11.1 Å². The number of nitrogens with one attached hydrogen (secondary N) is 1. The van der Waals surface area contributed by atoms with Crippen LogP contribution in [0.15, 0.2) is 23.6 Å². The summed E-state index contributed by atoms with van der Waals surface area (Å²) in [5.41, 5.74) is 9.10. The van der Waals surface area contributed by atoms with Crippen LogP contribution in [0.5, 0.6) is 0 Å². The maximum absolute atomic E-state index is 11.9. The second kappa shape index (κ2) is 5.18. The van der Waals surface area contributed by atoms with E-state index in [9.17, 15) is 4.79 Å². The van der Waals surface area contributed by atoms with Crippen molar-refractivity contribution >= 4 is 28.1 Å². The van der Waals surface area contributed by atoms with Crippen LogP contribution in [0.2, 0.25) is 0 Å². The third-order valence-corrected chi connectivity index (χ3v) is 3.42. The zero-order valence-electron chi connectivity index (χ0n) is 10.4. The molecular formula is C13H15N3OS. The van der Waals surface area contributed by atoms with Crippen LogP contribution >= 0.6 is 11.3 Å². The SMILES string of the molecule is CCc1cc(NC(=O)c2csc(N)n2)ccc1C. The molecule has 2 aromatic rings. The first-order chi connectivity index (χ1) is 8.60. The van der Waals surface area contributed by atoms with Gasteiger partial charge in [-0.3, -0.25) is 4.79 Å². The number of carbonyl (C=O) groups is 1. The minimum Gasteiger partial charge on any atom is -0.375 e. The highest BCUT2D eigenvalue weighted by molar-refractivity contribution is 7.13. The highest BCUT2D eigenvalue weighted by Gasteiger charge is 2.10. The summed E-state index contributed by atoms with van der Waals surface area (Å²) in [6.45, 7) is 4.15. The van der Waals surface area contributed by atoms with Gasteiger partial charge in [-0.05, 0) is 36.6 Å².